The molecule has 168 valence electrons. The molecular formula is C25H24N4O3S. The van der Waals surface area contributed by atoms with Gasteiger partial charge in [-0.3, -0.25) is 15.1 Å². The van der Waals surface area contributed by atoms with Crippen molar-refractivity contribution in [3.8, 4) is 0 Å². The number of nitrogens with zero attached hydrogens (tertiary/aromatic N) is 1. The number of carbonyl (C=O) groups excluding carboxylic acids is 2. The Balaban J connectivity index is 1.92. The van der Waals surface area contributed by atoms with Crippen molar-refractivity contribution in [1.82, 2.24) is 10.3 Å². The molecule has 0 aliphatic rings. The van der Waals surface area contributed by atoms with Gasteiger partial charge in [-0.2, -0.15) is 0 Å². The molecule has 0 spiro atoms. The van der Waals surface area contributed by atoms with Gasteiger partial charge in [0, 0.05) is 28.6 Å². The molecule has 0 saturated heterocycles. The SMILES string of the molecule is CCOC(=O)Nc1cc(Sc2ccccc2C(=O)NC)ccc1C(=N)/C=C/c1ccccn1. The first kappa shape index (κ1) is 23.7. The molecule has 3 N–H and O–H groups in total. The zero-order valence-corrected chi connectivity index (χ0v) is 19.1. The monoisotopic (exact) mass is 460 g/mol. The van der Waals surface area contributed by atoms with Gasteiger partial charge in [-0.1, -0.05) is 30.0 Å². The van der Waals surface area contributed by atoms with Gasteiger partial charge >= 0.3 is 6.09 Å². The highest BCUT2D eigenvalue weighted by molar-refractivity contribution is 7.99. The molecular weight excluding hydrogens is 436 g/mol. The molecule has 0 bridgehead atoms. The molecule has 1 heterocycles. The van der Waals surface area contributed by atoms with Crippen molar-refractivity contribution in [3.63, 3.8) is 0 Å². The highest BCUT2D eigenvalue weighted by Crippen LogP contribution is 2.33. The van der Waals surface area contributed by atoms with Gasteiger partial charge < -0.3 is 15.5 Å². The number of pyridine rings is 1. The van der Waals surface area contributed by atoms with Crippen LogP contribution in [0.15, 0.2) is 82.7 Å². The van der Waals surface area contributed by atoms with E-state index in [0.29, 0.717) is 16.8 Å². The van der Waals surface area contributed by atoms with Gasteiger partial charge in [-0.15, -0.1) is 0 Å². The second-order valence-corrected chi connectivity index (χ2v) is 7.85. The molecule has 0 fully saturated rings. The molecule has 7 nitrogen and oxygen atoms in total. The number of rotatable bonds is 8. The van der Waals surface area contributed by atoms with Gasteiger partial charge in [0.2, 0.25) is 0 Å². The van der Waals surface area contributed by atoms with E-state index in [-0.39, 0.29) is 18.2 Å². The highest BCUT2D eigenvalue weighted by atomic mass is 32.2. The van der Waals surface area contributed by atoms with Crippen molar-refractivity contribution < 1.29 is 14.3 Å². The minimum absolute atomic E-state index is 0.180. The first-order valence-corrected chi connectivity index (χ1v) is 11.1. The average Bonchev–Trinajstić information content (AvgIpc) is 2.83. The van der Waals surface area contributed by atoms with Crippen molar-refractivity contribution in [2.75, 3.05) is 19.0 Å². The van der Waals surface area contributed by atoms with Crippen LogP contribution in [0.2, 0.25) is 0 Å². The fourth-order valence-corrected chi connectivity index (χ4v) is 3.92. The first-order chi connectivity index (χ1) is 16.0. The van der Waals surface area contributed by atoms with Crippen LogP contribution in [0.4, 0.5) is 10.5 Å². The number of allylic oxidation sites excluding steroid dienone is 1. The average molecular weight is 461 g/mol. The van der Waals surface area contributed by atoms with E-state index in [9.17, 15) is 9.59 Å². The van der Waals surface area contributed by atoms with Gasteiger partial charge in [0.1, 0.15) is 0 Å². The predicted molar refractivity (Wildman–Crippen MR) is 131 cm³/mol. The summed E-state index contributed by atoms with van der Waals surface area (Å²) >= 11 is 1.39. The van der Waals surface area contributed by atoms with Gasteiger partial charge in [-0.25, -0.2) is 4.79 Å². The normalized spacial score (nSPS) is 10.6. The van der Waals surface area contributed by atoms with E-state index in [0.717, 1.165) is 15.5 Å². The molecule has 1 aromatic heterocycles. The van der Waals surface area contributed by atoms with Crippen molar-refractivity contribution in [2.45, 2.75) is 16.7 Å². The van der Waals surface area contributed by atoms with Crippen LogP contribution >= 0.6 is 11.8 Å². The number of anilines is 1. The lowest BCUT2D eigenvalue weighted by Gasteiger charge is -2.13. The summed E-state index contributed by atoms with van der Waals surface area (Å²) in [6, 6.07) is 18.2. The third kappa shape index (κ3) is 6.54. The van der Waals surface area contributed by atoms with Gasteiger partial charge in [-0.05, 0) is 61.5 Å². The lowest BCUT2D eigenvalue weighted by atomic mass is 10.1. The number of ether oxygens (including phenoxy) is 1. The Labute approximate surface area is 196 Å². The number of hydrogen-bond acceptors (Lipinski definition) is 6. The molecule has 2 amide bonds. The maximum absolute atomic E-state index is 12.2. The molecule has 2 aromatic carbocycles. The van der Waals surface area contributed by atoms with Crippen LogP contribution in [0.25, 0.3) is 6.08 Å². The molecule has 0 unspecified atom stereocenters. The summed E-state index contributed by atoms with van der Waals surface area (Å²) in [5.74, 6) is -0.180. The lowest BCUT2D eigenvalue weighted by Crippen LogP contribution is -2.18. The van der Waals surface area contributed by atoms with Crippen LogP contribution < -0.4 is 10.6 Å². The van der Waals surface area contributed by atoms with E-state index in [4.69, 9.17) is 10.1 Å². The molecule has 0 aliphatic carbocycles. The van der Waals surface area contributed by atoms with Crippen LogP contribution in [0.3, 0.4) is 0 Å². The second-order valence-electron chi connectivity index (χ2n) is 6.73. The number of benzene rings is 2. The van der Waals surface area contributed by atoms with Gasteiger partial charge in [0.25, 0.3) is 5.91 Å². The zero-order valence-electron chi connectivity index (χ0n) is 18.3. The van der Waals surface area contributed by atoms with Crippen LogP contribution in [0.1, 0.15) is 28.5 Å². The Kier molecular flexibility index (Phi) is 8.37. The Morgan fingerprint density at radius 2 is 1.88 bits per heavy atom. The Morgan fingerprint density at radius 1 is 1.09 bits per heavy atom. The zero-order chi connectivity index (χ0) is 23.6. The molecule has 0 aliphatic heterocycles. The molecule has 3 aromatic rings. The summed E-state index contributed by atoms with van der Waals surface area (Å²) in [4.78, 5) is 30.1. The number of nitrogens with one attached hydrogen (secondary N) is 3. The van der Waals surface area contributed by atoms with Crippen LogP contribution in [0, 0.1) is 5.41 Å². The van der Waals surface area contributed by atoms with Crippen molar-refractivity contribution in [1.29, 1.82) is 5.41 Å². The molecule has 0 atom stereocenters. The minimum atomic E-state index is -0.604. The minimum Gasteiger partial charge on any atom is -0.450 e. The summed E-state index contributed by atoms with van der Waals surface area (Å²) in [6.07, 6.45) is 4.44. The Bertz CT molecular complexity index is 1180. The summed E-state index contributed by atoms with van der Waals surface area (Å²) in [5.41, 5.74) is 2.45. The standard InChI is InChI=1S/C25H24N4O3S/c1-3-32-25(31)29-22-16-18(33-23-10-5-4-9-20(23)24(30)27-2)12-13-19(22)21(26)14-11-17-8-6-7-15-28-17/h4-16,26H,3H2,1-2H3,(H,27,30)(H,29,31)/b14-11+,26-21?. The van der Waals surface area contributed by atoms with E-state index < -0.39 is 6.09 Å². The maximum atomic E-state index is 12.2. The summed E-state index contributed by atoms with van der Waals surface area (Å²) in [7, 11) is 1.59. The first-order valence-electron chi connectivity index (χ1n) is 10.3. The van der Waals surface area contributed by atoms with E-state index in [1.54, 1.807) is 56.6 Å². The summed E-state index contributed by atoms with van der Waals surface area (Å²) < 4.78 is 5.02. The Morgan fingerprint density at radius 3 is 2.61 bits per heavy atom. The second kappa shape index (κ2) is 11.6. The highest BCUT2D eigenvalue weighted by Gasteiger charge is 2.14. The van der Waals surface area contributed by atoms with E-state index in [2.05, 4.69) is 15.6 Å². The lowest BCUT2D eigenvalue weighted by molar-refractivity contribution is 0.0960. The third-order valence-corrected chi connectivity index (χ3v) is 5.55. The van der Waals surface area contributed by atoms with E-state index in [1.165, 1.54) is 11.8 Å². The van der Waals surface area contributed by atoms with Crippen LogP contribution in [0.5, 0.6) is 0 Å². The van der Waals surface area contributed by atoms with E-state index >= 15 is 0 Å². The number of hydrogen-bond donors (Lipinski definition) is 3. The number of amides is 2. The smallest absolute Gasteiger partial charge is 0.411 e. The summed E-state index contributed by atoms with van der Waals surface area (Å²) in [5, 5.41) is 13.9. The van der Waals surface area contributed by atoms with Crippen molar-refractivity contribution >= 4 is 41.2 Å². The van der Waals surface area contributed by atoms with Crippen molar-refractivity contribution in [3.05, 3.63) is 89.8 Å². The molecule has 3 rings (SSSR count). The third-order valence-electron chi connectivity index (χ3n) is 4.49. The topological polar surface area (TPSA) is 104 Å². The molecule has 8 heteroatoms. The van der Waals surface area contributed by atoms with E-state index in [1.807, 2.05) is 36.4 Å². The molecule has 0 radical (unpaired) electrons. The van der Waals surface area contributed by atoms with Crippen LogP contribution in [-0.4, -0.2) is 36.4 Å². The molecule has 33 heavy (non-hydrogen) atoms. The fraction of sp³-hybridized carbons (Fsp3) is 0.120. The predicted octanol–water partition coefficient (Wildman–Crippen LogP) is 5.24. The quantitative estimate of drug-likeness (QED) is 0.399. The van der Waals surface area contributed by atoms with Crippen molar-refractivity contribution in [2.24, 2.45) is 0 Å². The largest absolute Gasteiger partial charge is 0.450 e. The molecule has 0 saturated carbocycles. The fourth-order valence-electron chi connectivity index (χ4n) is 2.94. The van der Waals surface area contributed by atoms with Gasteiger partial charge in [0.15, 0.2) is 0 Å². The van der Waals surface area contributed by atoms with Gasteiger partial charge in [0.05, 0.1) is 29.3 Å². The number of carbonyl (C=O) groups is 2. The summed E-state index contributed by atoms with van der Waals surface area (Å²) in [6.45, 7) is 1.95. The van der Waals surface area contributed by atoms with Crippen LogP contribution in [-0.2, 0) is 4.74 Å². The Hall–Kier alpha value is -3.91. The maximum Gasteiger partial charge on any atom is 0.411 e. The number of aromatic nitrogens is 1.